The maximum absolute atomic E-state index is 10.9. The number of anilines is 2. The third-order valence-electron chi connectivity index (χ3n) is 4.47. The van der Waals surface area contributed by atoms with Gasteiger partial charge >= 0.3 is 5.69 Å². The van der Waals surface area contributed by atoms with E-state index in [1.54, 1.807) is 4.68 Å². The zero-order valence-corrected chi connectivity index (χ0v) is 17.6. The lowest BCUT2D eigenvalue weighted by molar-refractivity contribution is -0.385. The molecule has 0 aliphatic heterocycles. The van der Waals surface area contributed by atoms with E-state index in [2.05, 4.69) is 25.7 Å². The largest absolute Gasteiger partial charge is 0.313 e. The van der Waals surface area contributed by atoms with Gasteiger partial charge in [0.05, 0.1) is 11.5 Å². The molecule has 0 amide bonds. The molecule has 0 atom stereocenters. The molecule has 0 spiro atoms. The first-order chi connectivity index (χ1) is 14.3. The monoisotopic (exact) mass is 444 g/mol. The fraction of sp³-hybridized carbons (Fsp3) is 0.222. The Morgan fingerprint density at radius 3 is 2.80 bits per heavy atom. The molecule has 0 fully saturated rings. The summed E-state index contributed by atoms with van der Waals surface area (Å²) in [6, 6.07) is 9.45. The van der Waals surface area contributed by atoms with Crippen molar-refractivity contribution in [3.63, 3.8) is 0 Å². The molecule has 3 heterocycles. The van der Waals surface area contributed by atoms with Gasteiger partial charge in [-0.15, -0.1) is 10.2 Å². The lowest BCUT2D eigenvalue weighted by atomic mass is 10.1. The van der Waals surface area contributed by atoms with Crippen LogP contribution in [0.15, 0.2) is 48.9 Å². The fourth-order valence-electron chi connectivity index (χ4n) is 2.76. The van der Waals surface area contributed by atoms with Crippen molar-refractivity contribution >= 4 is 39.6 Å². The molecular formula is C18H17ClN8O2S. The molecule has 10 nitrogen and oxygen atoms in total. The molecule has 0 saturated heterocycles. The maximum Gasteiger partial charge on any atom is 0.307 e. The van der Waals surface area contributed by atoms with Gasteiger partial charge in [0, 0.05) is 17.3 Å². The Morgan fingerprint density at radius 1 is 1.27 bits per heavy atom. The third kappa shape index (κ3) is 4.02. The summed E-state index contributed by atoms with van der Waals surface area (Å²) < 4.78 is 3.28. The Bertz CT molecular complexity index is 1200. The van der Waals surface area contributed by atoms with Crippen molar-refractivity contribution < 1.29 is 4.92 Å². The quantitative estimate of drug-likeness (QED) is 0.337. The van der Waals surface area contributed by atoms with Gasteiger partial charge in [-0.25, -0.2) is 0 Å². The summed E-state index contributed by atoms with van der Waals surface area (Å²) in [4.78, 5) is 10.4. The van der Waals surface area contributed by atoms with Crippen LogP contribution in [0, 0.1) is 10.1 Å². The fourth-order valence-corrected chi connectivity index (χ4v) is 3.80. The molecule has 1 N–H and O–H groups in total. The van der Waals surface area contributed by atoms with E-state index >= 15 is 0 Å². The number of hydrogen-bond acceptors (Lipinski definition) is 8. The molecule has 1 aromatic carbocycles. The first-order valence-electron chi connectivity index (χ1n) is 8.90. The first-order valence-corrected chi connectivity index (χ1v) is 10.1. The highest BCUT2D eigenvalue weighted by Gasteiger charge is 2.30. The number of aromatic nitrogens is 6. The molecular weight excluding hydrogens is 428 g/mol. The average Bonchev–Trinajstić information content (AvgIpc) is 3.45. The Morgan fingerprint density at radius 2 is 2.07 bits per heavy atom. The van der Waals surface area contributed by atoms with Gasteiger partial charge in [-0.2, -0.15) is 10.2 Å². The summed E-state index contributed by atoms with van der Waals surface area (Å²) in [6.45, 7) is 4.28. The Balaban J connectivity index is 1.47. The van der Waals surface area contributed by atoms with Crippen molar-refractivity contribution in [1.29, 1.82) is 0 Å². The van der Waals surface area contributed by atoms with Gasteiger partial charge < -0.3 is 5.32 Å². The van der Waals surface area contributed by atoms with Crippen LogP contribution in [0.4, 0.5) is 16.6 Å². The second kappa shape index (κ2) is 7.84. The van der Waals surface area contributed by atoms with Crippen LogP contribution in [0.1, 0.15) is 24.4 Å². The number of nitro groups is 1. The number of hydrogen-bond donors (Lipinski definition) is 1. The first kappa shape index (κ1) is 20.0. The minimum Gasteiger partial charge on any atom is -0.313 e. The lowest BCUT2D eigenvalue weighted by Crippen LogP contribution is -2.28. The van der Waals surface area contributed by atoms with Crippen LogP contribution in [0.2, 0.25) is 5.02 Å². The molecule has 4 rings (SSSR count). The van der Waals surface area contributed by atoms with Crippen LogP contribution in [-0.2, 0) is 12.1 Å². The smallest absolute Gasteiger partial charge is 0.307 e. The summed E-state index contributed by atoms with van der Waals surface area (Å²) in [6.07, 6.45) is 4.44. The summed E-state index contributed by atoms with van der Waals surface area (Å²) in [5, 5.41) is 32.9. The van der Waals surface area contributed by atoms with Gasteiger partial charge in [0.2, 0.25) is 5.13 Å². The van der Waals surface area contributed by atoms with Gasteiger partial charge in [0.15, 0.2) is 5.82 Å². The van der Waals surface area contributed by atoms with Gasteiger partial charge in [-0.1, -0.05) is 41.1 Å². The van der Waals surface area contributed by atoms with Crippen LogP contribution in [0.25, 0.3) is 0 Å². The highest BCUT2D eigenvalue weighted by molar-refractivity contribution is 7.15. The van der Waals surface area contributed by atoms with Crippen molar-refractivity contribution in [3.8, 4) is 0 Å². The van der Waals surface area contributed by atoms with Gasteiger partial charge in [-0.05, 0) is 25.5 Å². The molecule has 154 valence electrons. The average molecular weight is 445 g/mol. The molecule has 12 heteroatoms. The highest BCUT2D eigenvalue weighted by atomic mass is 35.5. The molecule has 0 bridgehead atoms. The summed E-state index contributed by atoms with van der Waals surface area (Å²) in [5.74, 6) is 0.622. The molecule has 30 heavy (non-hydrogen) atoms. The molecule has 0 aliphatic rings. The zero-order chi connectivity index (χ0) is 21.3. The summed E-state index contributed by atoms with van der Waals surface area (Å²) in [7, 11) is 0. The minimum atomic E-state index is -0.699. The Kier molecular flexibility index (Phi) is 5.22. The summed E-state index contributed by atoms with van der Waals surface area (Å²) in [5.41, 5.74) is 0.201. The SMILES string of the molecule is CC(C)(c1nnc(Nc2ccn(Cc3ccccc3Cl)n2)s1)n1cc([N+](=O)[O-])cn1. The highest BCUT2D eigenvalue weighted by Crippen LogP contribution is 2.31. The number of rotatable bonds is 7. The van der Waals surface area contributed by atoms with Crippen molar-refractivity contribution in [2.24, 2.45) is 0 Å². The van der Waals surface area contributed by atoms with Crippen LogP contribution < -0.4 is 5.32 Å². The molecule has 0 saturated carbocycles. The second-order valence-corrected chi connectivity index (χ2v) is 8.37. The van der Waals surface area contributed by atoms with Gasteiger partial charge in [0.25, 0.3) is 0 Å². The molecule has 0 unspecified atom stereocenters. The van der Waals surface area contributed by atoms with E-state index in [1.807, 2.05) is 50.4 Å². The molecule has 4 aromatic rings. The van der Waals surface area contributed by atoms with Gasteiger partial charge in [0.1, 0.15) is 22.9 Å². The van der Waals surface area contributed by atoms with Crippen LogP contribution in [0.5, 0.6) is 0 Å². The third-order valence-corrected chi connectivity index (χ3v) is 5.99. The van der Waals surface area contributed by atoms with E-state index in [9.17, 15) is 10.1 Å². The van der Waals surface area contributed by atoms with E-state index in [4.69, 9.17) is 11.6 Å². The Labute approximate surface area is 180 Å². The van der Waals surface area contributed by atoms with Crippen molar-refractivity contribution in [2.45, 2.75) is 25.9 Å². The van der Waals surface area contributed by atoms with Crippen molar-refractivity contribution in [2.75, 3.05) is 5.32 Å². The second-order valence-electron chi connectivity index (χ2n) is 6.99. The van der Waals surface area contributed by atoms with Crippen LogP contribution >= 0.6 is 22.9 Å². The van der Waals surface area contributed by atoms with Crippen molar-refractivity contribution in [3.05, 3.63) is 74.6 Å². The topological polar surface area (TPSA) is 117 Å². The number of benzene rings is 1. The number of halogens is 1. The predicted molar refractivity (Wildman–Crippen MR) is 113 cm³/mol. The van der Waals surface area contributed by atoms with Crippen molar-refractivity contribution in [1.82, 2.24) is 29.8 Å². The van der Waals surface area contributed by atoms with E-state index in [0.717, 1.165) is 5.56 Å². The minimum absolute atomic E-state index is 0.0741. The Hall–Kier alpha value is -3.31. The number of nitrogens with one attached hydrogen (secondary N) is 1. The predicted octanol–water partition coefficient (Wildman–Crippen LogP) is 4.07. The molecule has 3 aromatic heterocycles. The standard InChI is InChI=1S/C18H17ClN8O2S/c1-18(2,26-11-13(9-20-26)27(28)29)16-22-23-17(30-16)21-15-7-8-25(24-15)10-12-5-3-4-6-14(12)19/h3-9,11H,10H2,1-2H3,(H,21,23,24). The number of nitrogens with zero attached hydrogens (tertiary/aromatic N) is 7. The molecule has 0 aliphatic carbocycles. The summed E-state index contributed by atoms with van der Waals surface area (Å²) >= 11 is 7.54. The van der Waals surface area contributed by atoms with E-state index in [1.165, 1.54) is 28.4 Å². The zero-order valence-electron chi connectivity index (χ0n) is 16.1. The lowest BCUT2D eigenvalue weighted by Gasteiger charge is -2.21. The van der Waals surface area contributed by atoms with E-state index in [0.29, 0.717) is 27.5 Å². The van der Waals surface area contributed by atoms with E-state index in [-0.39, 0.29) is 5.69 Å². The maximum atomic E-state index is 10.9. The molecule has 0 radical (unpaired) electrons. The normalized spacial score (nSPS) is 11.6. The van der Waals surface area contributed by atoms with Gasteiger partial charge in [-0.3, -0.25) is 19.5 Å². The van der Waals surface area contributed by atoms with Crippen LogP contribution in [-0.4, -0.2) is 34.7 Å². The van der Waals surface area contributed by atoms with E-state index < -0.39 is 10.5 Å². The van der Waals surface area contributed by atoms with Crippen LogP contribution in [0.3, 0.4) is 0 Å².